The van der Waals surface area contributed by atoms with Crippen molar-refractivity contribution in [2.24, 2.45) is 0 Å². The van der Waals surface area contributed by atoms with Gasteiger partial charge in [-0.1, -0.05) is 29.8 Å². The fourth-order valence-electron chi connectivity index (χ4n) is 1.94. The van der Waals surface area contributed by atoms with Crippen molar-refractivity contribution < 1.29 is 13.2 Å². The molecule has 24 heavy (non-hydrogen) atoms. The Balaban J connectivity index is 1.94. The Labute approximate surface area is 143 Å². The Bertz CT molecular complexity index is 881. The zero-order chi connectivity index (χ0) is 17.3. The maximum atomic E-state index is 12.7. The summed E-state index contributed by atoms with van der Waals surface area (Å²) in [6.45, 7) is 1.90. The third kappa shape index (κ3) is 3.36. The molecule has 0 atom stereocenters. The molecule has 0 N–H and O–H groups in total. The second kappa shape index (κ2) is 6.40. The molecule has 5 nitrogen and oxygen atoms in total. The maximum Gasteiger partial charge on any atom is 0.417 e. The Morgan fingerprint density at radius 2 is 1.96 bits per heavy atom. The predicted molar refractivity (Wildman–Crippen MR) is 82.3 cm³/mol. The molecule has 0 aliphatic heterocycles. The first-order chi connectivity index (χ1) is 11.4. The van der Waals surface area contributed by atoms with Crippen molar-refractivity contribution in [3.8, 4) is 5.69 Å². The molecular formula is C14H9ClF3N5S. The Hall–Kier alpha value is -2.13. The van der Waals surface area contributed by atoms with E-state index in [1.807, 2.05) is 31.2 Å². The summed E-state index contributed by atoms with van der Waals surface area (Å²) in [5.74, 6) is 0. The van der Waals surface area contributed by atoms with Gasteiger partial charge in [-0.2, -0.15) is 17.9 Å². The summed E-state index contributed by atoms with van der Waals surface area (Å²) in [5, 5.41) is 11.8. The van der Waals surface area contributed by atoms with Crippen LogP contribution in [0.25, 0.3) is 5.69 Å². The van der Waals surface area contributed by atoms with Crippen molar-refractivity contribution in [1.29, 1.82) is 0 Å². The molecule has 0 aliphatic carbocycles. The van der Waals surface area contributed by atoms with E-state index < -0.39 is 11.7 Å². The van der Waals surface area contributed by atoms with E-state index in [0.717, 1.165) is 35.3 Å². The molecule has 3 aromatic rings. The lowest BCUT2D eigenvalue weighted by Crippen LogP contribution is -2.06. The van der Waals surface area contributed by atoms with E-state index in [1.54, 1.807) is 0 Å². The summed E-state index contributed by atoms with van der Waals surface area (Å²) in [7, 11) is 0. The minimum absolute atomic E-state index is 0.117. The SMILES string of the molecule is Cc1ccccc1-n1nnnc1Sc1ncc(C(F)(F)F)cc1Cl. The number of para-hydroxylation sites is 1. The number of aromatic nitrogens is 5. The van der Waals surface area contributed by atoms with Crippen LogP contribution in [0.4, 0.5) is 13.2 Å². The third-order valence-corrected chi connectivity index (χ3v) is 4.46. The van der Waals surface area contributed by atoms with Gasteiger partial charge in [0.15, 0.2) is 0 Å². The molecule has 0 radical (unpaired) electrons. The van der Waals surface area contributed by atoms with Crippen LogP contribution >= 0.6 is 23.4 Å². The van der Waals surface area contributed by atoms with E-state index in [4.69, 9.17) is 11.6 Å². The molecule has 0 fully saturated rings. The van der Waals surface area contributed by atoms with E-state index >= 15 is 0 Å². The number of halogens is 4. The molecule has 0 bridgehead atoms. The van der Waals surface area contributed by atoms with E-state index in [2.05, 4.69) is 20.5 Å². The first-order valence-corrected chi connectivity index (χ1v) is 7.80. The lowest BCUT2D eigenvalue weighted by molar-refractivity contribution is -0.137. The normalized spacial score (nSPS) is 11.7. The molecule has 2 aromatic heterocycles. The van der Waals surface area contributed by atoms with Crippen molar-refractivity contribution >= 4 is 23.4 Å². The van der Waals surface area contributed by atoms with Crippen molar-refractivity contribution in [1.82, 2.24) is 25.2 Å². The molecule has 2 heterocycles. The van der Waals surface area contributed by atoms with E-state index in [1.165, 1.54) is 4.68 Å². The van der Waals surface area contributed by atoms with Crippen LogP contribution in [0.1, 0.15) is 11.1 Å². The maximum absolute atomic E-state index is 12.7. The van der Waals surface area contributed by atoms with Gasteiger partial charge in [-0.25, -0.2) is 4.98 Å². The Morgan fingerprint density at radius 1 is 1.21 bits per heavy atom. The summed E-state index contributed by atoms with van der Waals surface area (Å²) < 4.78 is 39.5. The highest BCUT2D eigenvalue weighted by molar-refractivity contribution is 7.99. The lowest BCUT2D eigenvalue weighted by Gasteiger charge is -2.09. The van der Waals surface area contributed by atoms with Gasteiger partial charge in [-0.05, 0) is 46.8 Å². The smallest absolute Gasteiger partial charge is 0.247 e. The predicted octanol–water partition coefficient (Wildman–Crippen LogP) is 4.19. The number of nitrogens with zero attached hydrogens (tertiary/aromatic N) is 5. The van der Waals surface area contributed by atoms with Gasteiger partial charge in [0, 0.05) is 6.20 Å². The first-order valence-electron chi connectivity index (χ1n) is 6.61. The highest BCUT2D eigenvalue weighted by Gasteiger charge is 2.31. The van der Waals surface area contributed by atoms with Crippen molar-refractivity contribution in [3.63, 3.8) is 0 Å². The van der Waals surface area contributed by atoms with Crippen molar-refractivity contribution in [2.75, 3.05) is 0 Å². The van der Waals surface area contributed by atoms with E-state index in [0.29, 0.717) is 5.16 Å². The van der Waals surface area contributed by atoms with Gasteiger partial charge in [0.1, 0.15) is 5.03 Å². The summed E-state index contributed by atoms with van der Waals surface area (Å²) in [6.07, 6.45) is -3.77. The summed E-state index contributed by atoms with van der Waals surface area (Å²) in [4.78, 5) is 3.78. The molecule has 0 saturated heterocycles. The molecular weight excluding hydrogens is 363 g/mol. The van der Waals surface area contributed by atoms with Crippen LogP contribution in [0, 0.1) is 6.92 Å². The fraction of sp³-hybridized carbons (Fsp3) is 0.143. The van der Waals surface area contributed by atoms with Gasteiger partial charge in [0.2, 0.25) is 5.16 Å². The van der Waals surface area contributed by atoms with Gasteiger partial charge in [-0.15, -0.1) is 5.10 Å². The minimum atomic E-state index is -4.50. The third-order valence-electron chi connectivity index (χ3n) is 3.11. The number of alkyl halides is 3. The molecule has 1 aromatic carbocycles. The van der Waals surface area contributed by atoms with E-state index in [9.17, 15) is 13.2 Å². The Kier molecular flexibility index (Phi) is 4.46. The number of rotatable bonds is 3. The van der Waals surface area contributed by atoms with Gasteiger partial charge >= 0.3 is 6.18 Å². The molecule has 3 rings (SSSR count). The van der Waals surface area contributed by atoms with Gasteiger partial charge in [-0.3, -0.25) is 0 Å². The average Bonchev–Trinajstić information content (AvgIpc) is 2.97. The van der Waals surface area contributed by atoms with E-state index in [-0.39, 0.29) is 10.0 Å². The van der Waals surface area contributed by atoms with Crippen LogP contribution in [0.2, 0.25) is 5.02 Å². The first kappa shape index (κ1) is 16.7. The summed E-state index contributed by atoms with van der Waals surface area (Å²) in [6, 6.07) is 8.28. The van der Waals surface area contributed by atoms with Crippen molar-refractivity contribution in [3.05, 3.63) is 52.7 Å². The number of hydrogen-bond acceptors (Lipinski definition) is 5. The van der Waals surface area contributed by atoms with Crippen LogP contribution < -0.4 is 0 Å². The Morgan fingerprint density at radius 3 is 2.62 bits per heavy atom. The molecule has 0 saturated carbocycles. The highest BCUT2D eigenvalue weighted by Crippen LogP contribution is 2.36. The molecule has 124 valence electrons. The van der Waals surface area contributed by atoms with Crippen LogP contribution in [0.3, 0.4) is 0 Å². The van der Waals surface area contributed by atoms with Gasteiger partial charge < -0.3 is 0 Å². The zero-order valence-electron chi connectivity index (χ0n) is 12.1. The number of aryl methyl sites for hydroxylation is 1. The number of pyridine rings is 1. The standard InChI is InChI=1S/C14H9ClF3N5S/c1-8-4-2-3-5-11(8)23-13(20-21-22-23)24-12-10(15)6-9(7-19-12)14(16,17)18/h2-7H,1H3. The lowest BCUT2D eigenvalue weighted by atomic mass is 10.2. The second-order valence-corrected chi connectivity index (χ2v) is 6.13. The van der Waals surface area contributed by atoms with Crippen LogP contribution in [0.5, 0.6) is 0 Å². The highest BCUT2D eigenvalue weighted by atomic mass is 35.5. The van der Waals surface area contributed by atoms with Crippen LogP contribution in [-0.4, -0.2) is 25.2 Å². The molecule has 0 spiro atoms. The number of benzene rings is 1. The average molecular weight is 372 g/mol. The van der Waals surface area contributed by atoms with Gasteiger partial charge in [0.05, 0.1) is 16.3 Å². The van der Waals surface area contributed by atoms with Crippen molar-refractivity contribution in [2.45, 2.75) is 23.3 Å². The summed E-state index contributed by atoms with van der Waals surface area (Å²) in [5.41, 5.74) is 0.793. The fourth-order valence-corrected chi connectivity index (χ4v) is 2.95. The summed E-state index contributed by atoms with van der Waals surface area (Å²) >= 11 is 6.91. The number of hydrogen-bond donors (Lipinski definition) is 0. The van der Waals surface area contributed by atoms with Gasteiger partial charge in [0.25, 0.3) is 0 Å². The van der Waals surface area contributed by atoms with Crippen LogP contribution in [-0.2, 0) is 6.18 Å². The molecule has 10 heteroatoms. The molecule has 0 amide bonds. The number of tetrazole rings is 1. The minimum Gasteiger partial charge on any atom is -0.247 e. The monoisotopic (exact) mass is 371 g/mol. The largest absolute Gasteiger partial charge is 0.417 e. The molecule has 0 aliphatic rings. The second-order valence-electron chi connectivity index (χ2n) is 4.77. The van der Waals surface area contributed by atoms with Crippen LogP contribution in [0.15, 0.2) is 46.7 Å². The quantitative estimate of drug-likeness (QED) is 0.691. The molecule has 0 unspecified atom stereocenters. The topological polar surface area (TPSA) is 56.5 Å². The zero-order valence-corrected chi connectivity index (χ0v) is 13.7.